The van der Waals surface area contributed by atoms with Crippen molar-refractivity contribution in [1.82, 2.24) is 0 Å². The van der Waals surface area contributed by atoms with Gasteiger partial charge in [-0.15, -0.1) is 0 Å². The van der Waals surface area contributed by atoms with E-state index in [0.717, 1.165) is 0 Å². The van der Waals surface area contributed by atoms with Crippen molar-refractivity contribution < 1.29 is 8.42 Å². The molecule has 5 nitrogen and oxygen atoms in total. The van der Waals surface area contributed by atoms with Gasteiger partial charge in [-0.3, -0.25) is 0 Å². The van der Waals surface area contributed by atoms with Crippen LogP contribution < -0.4 is 11.5 Å². The second kappa shape index (κ2) is 5.88. The zero-order chi connectivity index (χ0) is 14.6. The van der Waals surface area contributed by atoms with Gasteiger partial charge < -0.3 is 11.5 Å². The molecule has 0 saturated carbocycles. The number of hydrogen-bond donors (Lipinski definition) is 2. The topological polar surface area (TPSA) is 98.5 Å². The molecule has 0 heterocycles. The molecule has 0 saturated heterocycles. The lowest BCUT2D eigenvalue weighted by Crippen LogP contribution is -2.16. The van der Waals surface area contributed by atoms with Crippen LogP contribution in [0, 0.1) is 0 Å². The van der Waals surface area contributed by atoms with E-state index in [1.807, 2.05) is 0 Å². The first kappa shape index (κ1) is 15.2. The Morgan fingerprint density at radius 2 is 1.89 bits per heavy atom. The molecule has 0 spiro atoms. The maximum Gasteiger partial charge on any atom is 0.182 e. The lowest BCUT2D eigenvalue weighted by molar-refractivity contribution is 0.587. The van der Waals surface area contributed by atoms with E-state index in [9.17, 15) is 8.42 Å². The standard InChI is InChI=1S/C13H19N3O2S/c1-9(2)19(17,18)12-7-5-4-6-11(12)16-13(15)10(3)8-14/h4-9H,14H2,1-3H3,(H2,15,16). The number of sulfone groups is 1. The molecule has 0 bridgehead atoms. The Hall–Kier alpha value is -1.82. The molecular formula is C13H19N3O2S. The second-order valence-corrected chi connectivity index (χ2v) is 6.88. The van der Waals surface area contributed by atoms with Gasteiger partial charge in [-0.1, -0.05) is 12.1 Å². The van der Waals surface area contributed by atoms with Crippen LogP contribution in [0.25, 0.3) is 0 Å². The van der Waals surface area contributed by atoms with Crippen LogP contribution in [0.1, 0.15) is 20.8 Å². The summed E-state index contributed by atoms with van der Waals surface area (Å²) in [6.45, 7) is 4.97. The van der Waals surface area contributed by atoms with Gasteiger partial charge in [0.15, 0.2) is 9.84 Å². The molecule has 0 aromatic heterocycles. The van der Waals surface area contributed by atoms with Crippen molar-refractivity contribution in [2.75, 3.05) is 0 Å². The van der Waals surface area contributed by atoms with Gasteiger partial charge in [0.25, 0.3) is 0 Å². The Kier molecular flexibility index (Phi) is 4.72. The van der Waals surface area contributed by atoms with Gasteiger partial charge in [0.1, 0.15) is 5.84 Å². The van der Waals surface area contributed by atoms with Gasteiger partial charge >= 0.3 is 0 Å². The zero-order valence-electron chi connectivity index (χ0n) is 11.3. The molecule has 0 unspecified atom stereocenters. The molecule has 0 fully saturated rings. The fourth-order valence-electron chi connectivity index (χ4n) is 1.35. The molecule has 0 atom stereocenters. The van der Waals surface area contributed by atoms with Gasteiger partial charge in [-0.05, 0) is 32.9 Å². The van der Waals surface area contributed by atoms with Crippen molar-refractivity contribution in [3.05, 3.63) is 36.0 Å². The third-order valence-corrected chi connectivity index (χ3v) is 4.89. The number of rotatable bonds is 4. The van der Waals surface area contributed by atoms with Crippen LogP contribution in [0.5, 0.6) is 0 Å². The fraction of sp³-hybridized carbons (Fsp3) is 0.308. The first-order chi connectivity index (χ1) is 8.80. The number of nitrogens with two attached hydrogens (primary N) is 2. The van der Waals surface area contributed by atoms with E-state index in [1.165, 1.54) is 12.3 Å². The van der Waals surface area contributed by atoms with Crippen molar-refractivity contribution in [1.29, 1.82) is 0 Å². The highest BCUT2D eigenvalue weighted by atomic mass is 32.2. The van der Waals surface area contributed by atoms with Crippen LogP contribution in [0.2, 0.25) is 0 Å². The van der Waals surface area contributed by atoms with E-state index >= 15 is 0 Å². The summed E-state index contributed by atoms with van der Waals surface area (Å²) in [5, 5.41) is -0.517. The van der Waals surface area contributed by atoms with Crippen molar-refractivity contribution in [3.8, 4) is 0 Å². The lowest BCUT2D eigenvalue weighted by Gasteiger charge is -2.10. The number of amidine groups is 1. The van der Waals surface area contributed by atoms with E-state index in [1.54, 1.807) is 39.0 Å². The predicted molar refractivity (Wildman–Crippen MR) is 78.0 cm³/mol. The van der Waals surface area contributed by atoms with E-state index < -0.39 is 15.1 Å². The SMILES string of the molecule is CC(=CN)C(N)=Nc1ccccc1S(=O)(=O)C(C)C. The summed E-state index contributed by atoms with van der Waals surface area (Å²) >= 11 is 0. The zero-order valence-corrected chi connectivity index (χ0v) is 12.1. The number of aliphatic imine (C=N–C) groups is 1. The van der Waals surface area contributed by atoms with Gasteiger partial charge in [-0.2, -0.15) is 0 Å². The number of nitrogens with zero attached hydrogens (tertiary/aromatic N) is 1. The third-order valence-electron chi connectivity index (χ3n) is 2.69. The number of para-hydroxylation sites is 1. The molecule has 0 amide bonds. The molecular weight excluding hydrogens is 262 g/mol. The van der Waals surface area contributed by atoms with E-state index in [-0.39, 0.29) is 10.7 Å². The van der Waals surface area contributed by atoms with Crippen molar-refractivity contribution in [3.63, 3.8) is 0 Å². The Morgan fingerprint density at radius 1 is 1.32 bits per heavy atom. The summed E-state index contributed by atoms with van der Waals surface area (Å²) in [7, 11) is -3.40. The largest absolute Gasteiger partial charge is 0.404 e. The average molecular weight is 281 g/mol. The minimum Gasteiger partial charge on any atom is -0.404 e. The highest BCUT2D eigenvalue weighted by Gasteiger charge is 2.22. The summed E-state index contributed by atoms with van der Waals surface area (Å²) in [4.78, 5) is 4.32. The Morgan fingerprint density at radius 3 is 2.42 bits per heavy atom. The normalized spacial score (nSPS) is 13.9. The summed E-state index contributed by atoms with van der Waals surface area (Å²) in [5.41, 5.74) is 12.0. The van der Waals surface area contributed by atoms with Crippen LogP contribution in [-0.4, -0.2) is 19.5 Å². The lowest BCUT2D eigenvalue weighted by atomic mass is 10.3. The number of hydrogen-bond acceptors (Lipinski definition) is 4. The van der Waals surface area contributed by atoms with Crippen LogP contribution in [0.4, 0.5) is 5.69 Å². The molecule has 6 heteroatoms. The van der Waals surface area contributed by atoms with Gasteiger partial charge in [0.05, 0.1) is 15.8 Å². The molecule has 1 aromatic rings. The van der Waals surface area contributed by atoms with E-state index in [2.05, 4.69) is 4.99 Å². The summed E-state index contributed by atoms with van der Waals surface area (Å²) < 4.78 is 24.4. The monoisotopic (exact) mass is 281 g/mol. The first-order valence-electron chi connectivity index (χ1n) is 5.86. The van der Waals surface area contributed by atoms with Crippen LogP contribution in [-0.2, 0) is 9.84 Å². The quantitative estimate of drug-likeness (QED) is 0.648. The van der Waals surface area contributed by atoms with Crippen LogP contribution in [0.3, 0.4) is 0 Å². The summed E-state index contributed by atoms with van der Waals surface area (Å²) in [6.07, 6.45) is 1.33. The minimum absolute atomic E-state index is 0.178. The molecule has 1 aromatic carbocycles. The molecule has 4 N–H and O–H groups in total. The van der Waals surface area contributed by atoms with Gasteiger partial charge in [-0.25, -0.2) is 13.4 Å². The maximum atomic E-state index is 12.2. The summed E-state index contributed by atoms with van der Waals surface area (Å²) in [6, 6.07) is 6.53. The van der Waals surface area contributed by atoms with Crippen LogP contribution >= 0.6 is 0 Å². The molecule has 104 valence electrons. The highest BCUT2D eigenvalue weighted by molar-refractivity contribution is 7.92. The fourth-order valence-corrected chi connectivity index (χ4v) is 2.53. The second-order valence-electron chi connectivity index (χ2n) is 4.41. The highest BCUT2D eigenvalue weighted by Crippen LogP contribution is 2.27. The summed E-state index contributed by atoms with van der Waals surface area (Å²) in [5.74, 6) is 0.203. The molecule has 0 radical (unpaired) electrons. The molecule has 0 aliphatic heterocycles. The molecule has 1 rings (SSSR count). The predicted octanol–water partition coefficient (Wildman–Crippen LogP) is 1.72. The van der Waals surface area contributed by atoms with E-state index in [0.29, 0.717) is 11.3 Å². The maximum absolute atomic E-state index is 12.2. The first-order valence-corrected chi connectivity index (χ1v) is 7.41. The smallest absolute Gasteiger partial charge is 0.182 e. The molecule has 0 aliphatic carbocycles. The minimum atomic E-state index is -3.40. The van der Waals surface area contributed by atoms with E-state index in [4.69, 9.17) is 11.5 Å². The Bertz CT molecular complexity index is 617. The van der Waals surface area contributed by atoms with Gasteiger partial charge in [0, 0.05) is 11.8 Å². The molecule has 0 aliphatic rings. The Labute approximate surface area is 113 Å². The number of benzene rings is 1. The average Bonchev–Trinajstić information content (AvgIpc) is 2.37. The van der Waals surface area contributed by atoms with Crippen molar-refractivity contribution in [2.24, 2.45) is 16.5 Å². The van der Waals surface area contributed by atoms with Crippen molar-refractivity contribution >= 4 is 21.4 Å². The van der Waals surface area contributed by atoms with Gasteiger partial charge in [0.2, 0.25) is 0 Å². The van der Waals surface area contributed by atoms with Crippen molar-refractivity contribution in [2.45, 2.75) is 30.9 Å². The Balaban J connectivity index is 3.41. The third kappa shape index (κ3) is 3.35. The van der Waals surface area contributed by atoms with Crippen LogP contribution in [0.15, 0.2) is 45.9 Å². The molecule has 19 heavy (non-hydrogen) atoms.